The first-order valence-electron chi connectivity index (χ1n) is 8.37. The first-order chi connectivity index (χ1) is 12.0. The van der Waals surface area contributed by atoms with Crippen LogP contribution in [0, 0.1) is 5.92 Å². The maximum absolute atomic E-state index is 12.5. The number of alkyl carbamates (subject to hydrolysis) is 1. The average molecular weight is 384 g/mol. The average Bonchev–Trinajstić information content (AvgIpc) is 2.51. The SMILES string of the molecule is COc1cccc(S(=O)NC(=O)C(CC(C)C)NC(=O)OC(C)(C)C)c1. The molecule has 0 bridgehead atoms. The van der Waals surface area contributed by atoms with Crippen molar-refractivity contribution < 1.29 is 23.3 Å². The van der Waals surface area contributed by atoms with Crippen molar-refractivity contribution in [1.82, 2.24) is 10.0 Å². The van der Waals surface area contributed by atoms with E-state index in [1.807, 2.05) is 13.8 Å². The monoisotopic (exact) mass is 384 g/mol. The summed E-state index contributed by atoms with van der Waals surface area (Å²) < 4.78 is 25.1. The molecule has 146 valence electrons. The van der Waals surface area contributed by atoms with Crippen molar-refractivity contribution in [2.75, 3.05) is 7.11 Å². The third-order valence-electron chi connectivity index (χ3n) is 3.16. The Kier molecular flexibility index (Phi) is 8.08. The van der Waals surface area contributed by atoms with E-state index in [0.29, 0.717) is 17.1 Å². The molecule has 0 fully saturated rings. The zero-order chi connectivity index (χ0) is 19.9. The van der Waals surface area contributed by atoms with Crippen molar-refractivity contribution in [2.24, 2.45) is 5.92 Å². The minimum atomic E-state index is -1.77. The summed E-state index contributed by atoms with van der Waals surface area (Å²) in [4.78, 5) is 24.9. The van der Waals surface area contributed by atoms with Crippen LogP contribution in [0.5, 0.6) is 5.75 Å². The van der Waals surface area contributed by atoms with Crippen molar-refractivity contribution in [3.05, 3.63) is 24.3 Å². The topological polar surface area (TPSA) is 93.7 Å². The largest absolute Gasteiger partial charge is 0.497 e. The fourth-order valence-corrected chi connectivity index (χ4v) is 2.96. The Bertz CT molecular complexity index is 655. The van der Waals surface area contributed by atoms with E-state index in [0.717, 1.165) is 0 Å². The minimum absolute atomic E-state index is 0.144. The van der Waals surface area contributed by atoms with E-state index in [9.17, 15) is 13.8 Å². The predicted molar refractivity (Wildman–Crippen MR) is 100 cm³/mol. The summed E-state index contributed by atoms with van der Waals surface area (Å²) in [7, 11) is -0.262. The van der Waals surface area contributed by atoms with Crippen LogP contribution in [0.1, 0.15) is 41.0 Å². The van der Waals surface area contributed by atoms with Crippen molar-refractivity contribution in [3.8, 4) is 5.75 Å². The predicted octanol–water partition coefficient (Wildman–Crippen LogP) is 2.77. The number of carbonyl (C=O) groups excluding carboxylic acids is 2. The van der Waals surface area contributed by atoms with Gasteiger partial charge in [0.1, 0.15) is 17.4 Å². The van der Waals surface area contributed by atoms with E-state index in [4.69, 9.17) is 9.47 Å². The number of rotatable bonds is 7. The molecule has 26 heavy (non-hydrogen) atoms. The molecule has 0 saturated carbocycles. The molecule has 2 atom stereocenters. The number of ether oxygens (including phenoxy) is 2. The number of benzene rings is 1. The van der Waals surface area contributed by atoms with Gasteiger partial charge in [-0.15, -0.1) is 0 Å². The molecule has 0 aliphatic heterocycles. The van der Waals surface area contributed by atoms with Gasteiger partial charge in [-0.05, 0) is 51.3 Å². The Morgan fingerprint density at radius 1 is 1.23 bits per heavy atom. The van der Waals surface area contributed by atoms with Crippen LogP contribution in [0.4, 0.5) is 4.79 Å². The number of carbonyl (C=O) groups is 2. The standard InChI is InChI=1S/C18H28N2O5S/c1-12(2)10-15(19-17(22)25-18(3,4)5)16(21)20-26(23)14-9-7-8-13(11-14)24-6/h7-9,11-12,15H,10H2,1-6H3,(H,19,22)(H,20,21). The van der Waals surface area contributed by atoms with Crippen molar-refractivity contribution >= 4 is 23.0 Å². The third-order valence-corrected chi connectivity index (χ3v) is 4.23. The van der Waals surface area contributed by atoms with E-state index in [-0.39, 0.29) is 5.92 Å². The third kappa shape index (κ3) is 7.86. The van der Waals surface area contributed by atoms with Crippen LogP contribution in [-0.2, 0) is 20.5 Å². The van der Waals surface area contributed by atoms with Crippen LogP contribution in [0.15, 0.2) is 29.2 Å². The molecule has 2 amide bonds. The fourth-order valence-electron chi connectivity index (χ4n) is 2.09. The van der Waals surface area contributed by atoms with Gasteiger partial charge in [0.05, 0.1) is 12.0 Å². The minimum Gasteiger partial charge on any atom is -0.497 e. The molecule has 0 spiro atoms. The maximum atomic E-state index is 12.5. The molecular formula is C18H28N2O5S. The summed E-state index contributed by atoms with van der Waals surface area (Å²) in [6.45, 7) is 9.07. The molecule has 7 nitrogen and oxygen atoms in total. The molecule has 0 aliphatic carbocycles. The summed E-state index contributed by atoms with van der Waals surface area (Å²) in [5, 5.41) is 2.55. The number of nitrogens with one attached hydrogen (secondary N) is 2. The summed E-state index contributed by atoms with van der Waals surface area (Å²) >= 11 is 0. The van der Waals surface area contributed by atoms with E-state index in [1.54, 1.807) is 45.0 Å². The zero-order valence-electron chi connectivity index (χ0n) is 16.1. The van der Waals surface area contributed by atoms with Crippen LogP contribution < -0.4 is 14.8 Å². The Labute approximate surface area is 157 Å². The second kappa shape index (κ2) is 9.56. The van der Waals surface area contributed by atoms with E-state index in [1.165, 1.54) is 7.11 Å². The van der Waals surface area contributed by atoms with Gasteiger partial charge in [-0.3, -0.25) is 9.52 Å². The molecule has 0 aliphatic rings. The highest BCUT2D eigenvalue weighted by atomic mass is 32.2. The lowest BCUT2D eigenvalue weighted by Gasteiger charge is -2.24. The van der Waals surface area contributed by atoms with Gasteiger partial charge in [-0.25, -0.2) is 9.00 Å². The van der Waals surface area contributed by atoms with Crippen molar-refractivity contribution in [1.29, 1.82) is 0 Å². The smallest absolute Gasteiger partial charge is 0.408 e. The zero-order valence-corrected chi connectivity index (χ0v) is 16.9. The second-order valence-corrected chi connectivity index (χ2v) is 8.46. The second-order valence-electron chi connectivity index (χ2n) is 7.24. The van der Waals surface area contributed by atoms with Crippen LogP contribution in [-0.4, -0.2) is 35.0 Å². The lowest BCUT2D eigenvalue weighted by atomic mass is 10.0. The summed E-state index contributed by atoms with van der Waals surface area (Å²) in [5.74, 6) is 0.146. The molecule has 1 aromatic rings. The lowest BCUT2D eigenvalue weighted by Crippen LogP contribution is -2.49. The summed E-state index contributed by atoms with van der Waals surface area (Å²) in [6.07, 6.45) is -0.300. The van der Waals surface area contributed by atoms with Gasteiger partial charge in [-0.2, -0.15) is 0 Å². The number of hydrogen-bond donors (Lipinski definition) is 2. The van der Waals surface area contributed by atoms with Crippen LogP contribution in [0.25, 0.3) is 0 Å². The van der Waals surface area contributed by atoms with Crippen LogP contribution in [0.2, 0.25) is 0 Å². The number of hydrogen-bond acceptors (Lipinski definition) is 5. The van der Waals surface area contributed by atoms with Gasteiger partial charge < -0.3 is 14.8 Å². The van der Waals surface area contributed by atoms with E-state index in [2.05, 4.69) is 10.0 Å². The Morgan fingerprint density at radius 2 is 1.88 bits per heavy atom. The highest BCUT2D eigenvalue weighted by Crippen LogP contribution is 2.15. The van der Waals surface area contributed by atoms with Gasteiger partial charge in [0.15, 0.2) is 11.0 Å². The molecule has 0 radical (unpaired) electrons. The Morgan fingerprint density at radius 3 is 2.42 bits per heavy atom. The number of amides is 2. The summed E-state index contributed by atoms with van der Waals surface area (Å²) in [6, 6.07) is 5.75. The quantitative estimate of drug-likeness (QED) is 0.754. The number of methoxy groups -OCH3 is 1. The van der Waals surface area contributed by atoms with Gasteiger partial charge in [-0.1, -0.05) is 19.9 Å². The Balaban J connectivity index is 2.81. The van der Waals surface area contributed by atoms with Crippen molar-refractivity contribution in [2.45, 2.75) is 57.6 Å². The fraction of sp³-hybridized carbons (Fsp3) is 0.556. The highest BCUT2D eigenvalue weighted by molar-refractivity contribution is 7.83. The molecule has 0 heterocycles. The van der Waals surface area contributed by atoms with Gasteiger partial charge in [0.25, 0.3) is 5.91 Å². The molecular weight excluding hydrogens is 356 g/mol. The van der Waals surface area contributed by atoms with Gasteiger partial charge in [0.2, 0.25) is 0 Å². The molecule has 8 heteroatoms. The first kappa shape index (κ1) is 22.0. The maximum Gasteiger partial charge on any atom is 0.408 e. The van der Waals surface area contributed by atoms with E-state index >= 15 is 0 Å². The molecule has 1 rings (SSSR count). The van der Waals surface area contributed by atoms with Crippen molar-refractivity contribution in [3.63, 3.8) is 0 Å². The molecule has 2 unspecified atom stereocenters. The van der Waals surface area contributed by atoms with Gasteiger partial charge in [0, 0.05) is 0 Å². The molecule has 0 saturated heterocycles. The van der Waals surface area contributed by atoms with Gasteiger partial charge >= 0.3 is 6.09 Å². The van der Waals surface area contributed by atoms with Crippen LogP contribution in [0.3, 0.4) is 0 Å². The molecule has 0 aromatic heterocycles. The highest BCUT2D eigenvalue weighted by Gasteiger charge is 2.26. The molecule has 1 aromatic carbocycles. The first-order valence-corrected chi connectivity index (χ1v) is 9.52. The van der Waals surface area contributed by atoms with E-state index < -0.39 is 34.6 Å². The Hall–Kier alpha value is -2.09. The lowest BCUT2D eigenvalue weighted by molar-refractivity contribution is -0.121. The molecule has 2 N–H and O–H groups in total. The normalized spacial score (nSPS) is 13.7. The van der Waals surface area contributed by atoms with Crippen LogP contribution >= 0.6 is 0 Å². The summed E-state index contributed by atoms with van der Waals surface area (Å²) in [5.41, 5.74) is -0.674.